The summed E-state index contributed by atoms with van der Waals surface area (Å²) in [4.78, 5) is 1.14. The van der Waals surface area contributed by atoms with Gasteiger partial charge in [-0.05, 0) is 17.3 Å². The van der Waals surface area contributed by atoms with Crippen LogP contribution >= 0.6 is 23.2 Å². The van der Waals surface area contributed by atoms with Crippen LogP contribution in [-0.2, 0) is 0 Å². The van der Waals surface area contributed by atoms with Gasteiger partial charge in [0.25, 0.3) is 0 Å². The van der Waals surface area contributed by atoms with Gasteiger partial charge in [0.15, 0.2) is 0 Å². The summed E-state index contributed by atoms with van der Waals surface area (Å²) in [6.45, 7) is 0. The fraction of sp³-hybridized carbons (Fsp3) is 0. The van der Waals surface area contributed by atoms with Crippen molar-refractivity contribution in [1.29, 1.82) is 0 Å². The van der Waals surface area contributed by atoms with Crippen molar-refractivity contribution in [2.24, 2.45) is 0 Å². The molecule has 0 amide bonds. The molecule has 0 atom stereocenters. The van der Waals surface area contributed by atoms with Crippen molar-refractivity contribution in [1.82, 2.24) is 15.1 Å². The van der Waals surface area contributed by atoms with Crippen molar-refractivity contribution in [3.05, 3.63) is 34.4 Å². The van der Waals surface area contributed by atoms with Crippen LogP contribution in [0, 0.1) is 0 Å². The molecule has 2 rings (SSSR count). The summed E-state index contributed by atoms with van der Waals surface area (Å²) in [5.41, 5.74) is 1.49. The summed E-state index contributed by atoms with van der Waals surface area (Å²) < 4.78 is 0. The lowest BCUT2D eigenvalue weighted by Crippen LogP contribution is -2.07. The molecule has 1 aromatic heterocycles. The van der Waals surface area contributed by atoms with Crippen LogP contribution in [-0.4, -0.2) is 15.1 Å². The van der Waals surface area contributed by atoms with E-state index >= 15 is 0 Å². The van der Waals surface area contributed by atoms with Crippen LogP contribution < -0.4 is 5.84 Å². The van der Waals surface area contributed by atoms with Crippen LogP contribution in [0.2, 0.25) is 10.0 Å². The average Bonchev–Trinajstić information content (AvgIpc) is 2.57. The molecule has 6 heteroatoms. The molecule has 0 radical (unpaired) electrons. The Hall–Kier alpha value is -1.26. The van der Waals surface area contributed by atoms with E-state index in [1.165, 1.54) is 0 Å². The number of hydrogen-bond donors (Lipinski definition) is 1. The molecule has 14 heavy (non-hydrogen) atoms. The maximum Gasteiger partial charge on any atom is 0.115 e. The van der Waals surface area contributed by atoms with E-state index in [4.69, 9.17) is 29.0 Å². The number of benzene rings is 1. The van der Waals surface area contributed by atoms with Gasteiger partial charge in [-0.3, -0.25) is 0 Å². The topological polar surface area (TPSA) is 56.7 Å². The van der Waals surface area contributed by atoms with Gasteiger partial charge in [0.05, 0.1) is 16.2 Å². The first-order chi connectivity index (χ1) is 6.66. The Morgan fingerprint density at radius 2 is 2.00 bits per heavy atom. The predicted octanol–water partition coefficient (Wildman–Crippen LogP) is 1.97. The molecule has 0 aliphatic heterocycles. The molecule has 0 aliphatic rings. The fourth-order valence-electron chi connectivity index (χ4n) is 1.06. The summed E-state index contributed by atoms with van der Waals surface area (Å²) in [6, 6.07) is 5.22. The molecule has 0 bridgehead atoms. The first kappa shape index (κ1) is 9.30. The Morgan fingerprint density at radius 3 is 2.57 bits per heavy atom. The SMILES string of the molecule is Nn1cc(-c2ccc(Cl)c(Cl)c2)nn1. The standard InChI is InChI=1S/C8H6Cl2N4/c9-6-2-1-5(3-7(6)10)8-4-14(11)13-12-8/h1-4H,11H2. The van der Waals surface area contributed by atoms with Crippen LogP contribution in [0.3, 0.4) is 0 Å². The third-order valence-electron chi connectivity index (χ3n) is 1.73. The zero-order chi connectivity index (χ0) is 10.1. The minimum Gasteiger partial charge on any atom is -0.322 e. The highest BCUT2D eigenvalue weighted by Crippen LogP contribution is 2.26. The molecule has 1 aromatic carbocycles. The molecule has 2 aromatic rings. The summed E-state index contributed by atoms with van der Waals surface area (Å²) in [5.74, 6) is 5.37. The van der Waals surface area contributed by atoms with E-state index in [2.05, 4.69) is 10.3 Å². The van der Waals surface area contributed by atoms with Gasteiger partial charge >= 0.3 is 0 Å². The molecule has 2 N–H and O–H groups in total. The number of nitrogens with two attached hydrogens (primary N) is 1. The number of rotatable bonds is 1. The molecule has 0 aliphatic carbocycles. The van der Waals surface area contributed by atoms with E-state index in [-0.39, 0.29) is 0 Å². The van der Waals surface area contributed by atoms with Crippen LogP contribution in [0.4, 0.5) is 0 Å². The highest BCUT2D eigenvalue weighted by molar-refractivity contribution is 6.42. The molecular weight excluding hydrogens is 223 g/mol. The molecule has 0 saturated heterocycles. The molecule has 0 saturated carbocycles. The smallest absolute Gasteiger partial charge is 0.115 e. The van der Waals surface area contributed by atoms with Gasteiger partial charge in [-0.25, -0.2) is 0 Å². The second-order valence-electron chi connectivity index (χ2n) is 2.71. The van der Waals surface area contributed by atoms with E-state index in [0.717, 1.165) is 10.4 Å². The summed E-state index contributed by atoms with van der Waals surface area (Å²) in [5, 5.41) is 8.45. The van der Waals surface area contributed by atoms with Crippen molar-refractivity contribution >= 4 is 23.2 Å². The van der Waals surface area contributed by atoms with E-state index < -0.39 is 0 Å². The van der Waals surface area contributed by atoms with Gasteiger partial charge in [-0.2, -0.15) is 4.79 Å². The maximum atomic E-state index is 5.85. The number of aromatic nitrogens is 3. The third-order valence-corrected chi connectivity index (χ3v) is 2.46. The first-order valence-electron chi connectivity index (χ1n) is 3.79. The molecule has 0 fully saturated rings. The Labute approximate surface area is 90.2 Å². The summed E-state index contributed by atoms with van der Waals surface area (Å²) >= 11 is 11.6. The van der Waals surface area contributed by atoms with E-state index in [0.29, 0.717) is 15.7 Å². The Kier molecular flexibility index (Phi) is 2.31. The van der Waals surface area contributed by atoms with E-state index in [1.54, 1.807) is 24.4 Å². The largest absolute Gasteiger partial charge is 0.322 e. The number of hydrogen-bond acceptors (Lipinski definition) is 3. The number of nitrogens with zero attached hydrogens (tertiary/aromatic N) is 3. The van der Waals surface area contributed by atoms with E-state index in [1.807, 2.05) is 0 Å². The molecule has 0 unspecified atom stereocenters. The lowest BCUT2D eigenvalue weighted by Gasteiger charge is -1.98. The van der Waals surface area contributed by atoms with Gasteiger partial charge in [-0.15, -0.1) is 5.10 Å². The van der Waals surface area contributed by atoms with Gasteiger partial charge in [0.1, 0.15) is 5.69 Å². The first-order valence-corrected chi connectivity index (χ1v) is 4.55. The lowest BCUT2D eigenvalue weighted by molar-refractivity contribution is 0.766. The highest BCUT2D eigenvalue weighted by atomic mass is 35.5. The number of halogens is 2. The van der Waals surface area contributed by atoms with Crippen molar-refractivity contribution in [3.8, 4) is 11.3 Å². The summed E-state index contributed by atoms with van der Waals surface area (Å²) in [7, 11) is 0. The molecule has 1 heterocycles. The van der Waals surface area contributed by atoms with E-state index in [9.17, 15) is 0 Å². The fourth-order valence-corrected chi connectivity index (χ4v) is 1.36. The van der Waals surface area contributed by atoms with Gasteiger partial charge in [0, 0.05) is 5.56 Å². The Morgan fingerprint density at radius 1 is 1.21 bits per heavy atom. The minimum absolute atomic E-state index is 0.482. The van der Waals surface area contributed by atoms with Crippen LogP contribution in [0.5, 0.6) is 0 Å². The number of nitrogen functional groups attached to an aromatic ring is 1. The third kappa shape index (κ3) is 1.66. The second-order valence-corrected chi connectivity index (χ2v) is 3.53. The maximum absolute atomic E-state index is 5.85. The van der Waals surface area contributed by atoms with Gasteiger partial charge in [0.2, 0.25) is 0 Å². The Balaban J connectivity index is 2.47. The van der Waals surface area contributed by atoms with Crippen molar-refractivity contribution in [2.45, 2.75) is 0 Å². The molecule has 72 valence electrons. The van der Waals surface area contributed by atoms with Crippen LogP contribution in [0.15, 0.2) is 24.4 Å². The minimum atomic E-state index is 0.482. The van der Waals surface area contributed by atoms with Gasteiger partial charge in [-0.1, -0.05) is 29.3 Å². The zero-order valence-corrected chi connectivity index (χ0v) is 8.50. The molecular formula is C8H6Cl2N4. The second kappa shape index (κ2) is 3.48. The summed E-state index contributed by atoms with van der Waals surface area (Å²) in [6.07, 6.45) is 1.60. The van der Waals surface area contributed by atoms with Crippen LogP contribution in [0.25, 0.3) is 11.3 Å². The normalized spacial score (nSPS) is 10.4. The zero-order valence-electron chi connectivity index (χ0n) is 6.98. The predicted molar refractivity (Wildman–Crippen MR) is 55.6 cm³/mol. The van der Waals surface area contributed by atoms with Crippen molar-refractivity contribution in [3.63, 3.8) is 0 Å². The van der Waals surface area contributed by atoms with Gasteiger partial charge < -0.3 is 5.84 Å². The quantitative estimate of drug-likeness (QED) is 0.760. The molecule has 0 spiro atoms. The highest BCUT2D eigenvalue weighted by Gasteiger charge is 2.04. The van der Waals surface area contributed by atoms with Crippen molar-refractivity contribution < 1.29 is 0 Å². The van der Waals surface area contributed by atoms with Crippen LogP contribution in [0.1, 0.15) is 0 Å². The average molecular weight is 229 g/mol. The van der Waals surface area contributed by atoms with Crippen molar-refractivity contribution in [2.75, 3.05) is 5.84 Å². The molecule has 4 nitrogen and oxygen atoms in total. The Bertz CT molecular complexity index is 466. The monoisotopic (exact) mass is 228 g/mol. The lowest BCUT2D eigenvalue weighted by atomic mass is 10.2.